The van der Waals surface area contributed by atoms with Gasteiger partial charge in [-0.25, -0.2) is 0 Å². The lowest BCUT2D eigenvalue weighted by Gasteiger charge is -2.49. The molecule has 296 valence electrons. The number of aliphatic hydroxyl groups is 12. The minimum atomic E-state index is -2.03. The molecule has 0 aromatic heterocycles. The maximum atomic E-state index is 12.4. The van der Waals surface area contributed by atoms with Gasteiger partial charge in [0.15, 0.2) is 25.2 Å². The van der Waals surface area contributed by atoms with E-state index >= 15 is 0 Å². The standard InChI is InChI=1S/C28H48N2O21/c1-7(34)29-13-18(39)23(11(5-33)46-25(13)44)50-26-14(30-8(2)35)24(17(38)10(4-32)47-26)51-28-22(43)20(41)16(37)12(49-28)6-45-27-21(42)19(40)15(36)9(3-31)48-27/h9-28,31-33,36-44H,3-6H2,1-2H3,(H,29,34)(H,30,35)/t9-,10-,11-,12-,13-,14-,15-,16-,17-,18-,19+,20+,21+,22+,23-,24-,25-,26+,27-,28+/m1/s1. The van der Waals surface area contributed by atoms with E-state index in [-0.39, 0.29) is 0 Å². The molecule has 4 heterocycles. The third kappa shape index (κ3) is 9.29. The summed E-state index contributed by atoms with van der Waals surface area (Å²) in [6.45, 7) is -1.03. The average molecular weight is 749 g/mol. The molecule has 2 amide bonds. The molecular weight excluding hydrogens is 700 g/mol. The highest BCUT2D eigenvalue weighted by Gasteiger charge is 2.55. The molecule has 0 spiro atoms. The van der Waals surface area contributed by atoms with E-state index in [1.54, 1.807) is 0 Å². The van der Waals surface area contributed by atoms with Crippen molar-refractivity contribution in [1.82, 2.24) is 10.6 Å². The first-order valence-corrected chi connectivity index (χ1v) is 16.1. The van der Waals surface area contributed by atoms with Crippen molar-refractivity contribution in [3.05, 3.63) is 0 Å². The van der Waals surface area contributed by atoms with Gasteiger partial charge >= 0.3 is 0 Å². The molecule has 4 saturated heterocycles. The lowest BCUT2D eigenvalue weighted by atomic mass is 9.94. The van der Waals surface area contributed by atoms with Gasteiger partial charge in [0.05, 0.1) is 26.4 Å². The van der Waals surface area contributed by atoms with Crippen LogP contribution in [-0.4, -0.2) is 222 Å². The largest absolute Gasteiger partial charge is 0.394 e. The fourth-order valence-corrected chi connectivity index (χ4v) is 6.25. The van der Waals surface area contributed by atoms with E-state index < -0.39 is 161 Å². The Hall–Kier alpha value is -1.82. The second-order valence-corrected chi connectivity index (χ2v) is 12.7. The lowest BCUT2D eigenvalue weighted by molar-refractivity contribution is -0.363. The maximum Gasteiger partial charge on any atom is 0.217 e. The van der Waals surface area contributed by atoms with Gasteiger partial charge in [-0.15, -0.1) is 0 Å². The molecule has 51 heavy (non-hydrogen) atoms. The predicted octanol–water partition coefficient (Wildman–Crippen LogP) is -9.46. The number of rotatable bonds is 12. The maximum absolute atomic E-state index is 12.4. The number of aliphatic hydroxyl groups excluding tert-OH is 12. The topological polar surface area (TPSA) is 366 Å². The Labute approximate surface area is 289 Å². The SMILES string of the molecule is CC(=O)N[C@@H]1[C@@H](O)[C@H](O[C@@H]2O[C@H](CO)[C@@H](O)[C@H](O[C@@H]3O[C@H](CO[C@@H]4O[C@H](CO)[C@@H](O)[C@H](O)[C@@H]4O)[C@@H](O)[C@H](O)[C@@H]3O)[C@H]2NC(C)=O)[C@@H](CO)O[C@H]1O. The van der Waals surface area contributed by atoms with Crippen LogP contribution in [0.1, 0.15) is 13.8 Å². The predicted molar refractivity (Wildman–Crippen MR) is 157 cm³/mol. The Morgan fingerprint density at radius 2 is 0.980 bits per heavy atom. The molecule has 0 aromatic carbocycles. The Bertz CT molecular complexity index is 1140. The molecule has 4 fully saturated rings. The van der Waals surface area contributed by atoms with Crippen LogP contribution in [-0.2, 0) is 42.7 Å². The number of carbonyl (C=O) groups is 2. The van der Waals surface area contributed by atoms with Crippen molar-refractivity contribution in [2.45, 2.75) is 137 Å². The highest BCUT2D eigenvalue weighted by molar-refractivity contribution is 5.73. The van der Waals surface area contributed by atoms with Crippen molar-refractivity contribution in [2.75, 3.05) is 26.4 Å². The van der Waals surface area contributed by atoms with E-state index in [0.29, 0.717) is 0 Å². The summed E-state index contributed by atoms with van der Waals surface area (Å²) in [6.07, 6.45) is -31.2. The van der Waals surface area contributed by atoms with Gasteiger partial charge in [-0.1, -0.05) is 0 Å². The number of hydrogen-bond acceptors (Lipinski definition) is 21. The average Bonchev–Trinajstić information content (AvgIpc) is 3.08. The van der Waals surface area contributed by atoms with E-state index in [1.165, 1.54) is 0 Å². The zero-order valence-corrected chi connectivity index (χ0v) is 27.4. The monoisotopic (exact) mass is 748 g/mol. The molecule has 0 saturated carbocycles. The highest BCUT2D eigenvalue weighted by Crippen LogP contribution is 2.33. The zero-order chi connectivity index (χ0) is 37.9. The molecule has 0 unspecified atom stereocenters. The summed E-state index contributed by atoms with van der Waals surface area (Å²) in [5.41, 5.74) is 0. The summed E-state index contributed by atoms with van der Waals surface area (Å²) < 4.78 is 39.1. The molecule has 0 aromatic rings. The van der Waals surface area contributed by atoms with Crippen LogP contribution in [0.3, 0.4) is 0 Å². The van der Waals surface area contributed by atoms with Crippen molar-refractivity contribution in [3.63, 3.8) is 0 Å². The molecule has 23 heteroatoms. The van der Waals surface area contributed by atoms with Crippen molar-refractivity contribution < 1.29 is 104 Å². The first kappa shape index (κ1) is 41.9. The van der Waals surface area contributed by atoms with Gasteiger partial charge in [-0.2, -0.15) is 0 Å². The van der Waals surface area contributed by atoms with Gasteiger partial charge < -0.3 is 105 Å². The number of amides is 2. The van der Waals surface area contributed by atoms with E-state index in [4.69, 9.17) is 33.2 Å². The van der Waals surface area contributed by atoms with Crippen molar-refractivity contribution in [2.24, 2.45) is 0 Å². The van der Waals surface area contributed by atoms with Crippen LogP contribution in [0.15, 0.2) is 0 Å². The zero-order valence-electron chi connectivity index (χ0n) is 27.4. The van der Waals surface area contributed by atoms with Gasteiger partial charge in [0.1, 0.15) is 97.5 Å². The quantitative estimate of drug-likeness (QED) is 0.0881. The third-order valence-corrected chi connectivity index (χ3v) is 8.99. The summed E-state index contributed by atoms with van der Waals surface area (Å²) >= 11 is 0. The fraction of sp³-hybridized carbons (Fsp3) is 0.929. The Balaban J connectivity index is 1.56. The van der Waals surface area contributed by atoms with Crippen molar-refractivity contribution >= 4 is 11.8 Å². The molecule has 0 bridgehead atoms. The third-order valence-electron chi connectivity index (χ3n) is 8.99. The first-order chi connectivity index (χ1) is 24.0. The molecule has 23 nitrogen and oxygen atoms in total. The molecule has 14 N–H and O–H groups in total. The van der Waals surface area contributed by atoms with Crippen LogP contribution < -0.4 is 10.6 Å². The van der Waals surface area contributed by atoms with Crippen LogP contribution >= 0.6 is 0 Å². The number of carbonyl (C=O) groups excluding carboxylic acids is 2. The van der Waals surface area contributed by atoms with E-state index in [1.807, 2.05) is 0 Å². The Morgan fingerprint density at radius 3 is 1.55 bits per heavy atom. The summed E-state index contributed by atoms with van der Waals surface area (Å²) in [6, 6.07) is -3.05. The smallest absolute Gasteiger partial charge is 0.217 e. The van der Waals surface area contributed by atoms with Gasteiger partial charge in [0.25, 0.3) is 0 Å². The molecular formula is C28H48N2O21. The number of ether oxygens (including phenoxy) is 7. The Kier molecular flexibility index (Phi) is 14.8. The lowest BCUT2D eigenvalue weighted by Crippen LogP contribution is -2.70. The molecule has 4 aliphatic heterocycles. The first-order valence-electron chi connectivity index (χ1n) is 16.1. The van der Waals surface area contributed by atoms with Crippen LogP contribution in [0, 0.1) is 0 Å². The van der Waals surface area contributed by atoms with E-state index in [0.717, 1.165) is 13.8 Å². The number of hydrogen-bond donors (Lipinski definition) is 14. The molecule has 0 aliphatic carbocycles. The second-order valence-electron chi connectivity index (χ2n) is 12.7. The van der Waals surface area contributed by atoms with Gasteiger partial charge in [-0.05, 0) is 0 Å². The van der Waals surface area contributed by atoms with E-state index in [2.05, 4.69) is 10.6 Å². The molecule has 20 atom stereocenters. The van der Waals surface area contributed by atoms with Gasteiger partial charge in [-0.3, -0.25) is 9.59 Å². The normalized spacial score (nSPS) is 47.8. The fourth-order valence-electron chi connectivity index (χ4n) is 6.25. The minimum absolute atomic E-state index is 0.667. The van der Waals surface area contributed by atoms with E-state index in [9.17, 15) is 70.9 Å². The summed E-state index contributed by atoms with van der Waals surface area (Å²) in [7, 11) is 0. The molecule has 4 aliphatic rings. The van der Waals surface area contributed by atoms with Crippen LogP contribution in [0.25, 0.3) is 0 Å². The Morgan fingerprint density at radius 1 is 0.510 bits per heavy atom. The summed E-state index contributed by atoms with van der Waals surface area (Å²) in [4.78, 5) is 24.1. The van der Waals surface area contributed by atoms with Crippen LogP contribution in [0.4, 0.5) is 0 Å². The summed E-state index contributed by atoms with van der Waals surface area (Å²) in [5, 5.41) is 129. The molecule has 4 rings (SSSR count). The van der Waals surface area contributed by atoms with Gasteiger partial charge in [0.2, 0.25) is 11.8 Å². The van der Waals surface area contributed by atoms with Crippen molar-refractivity contribution in [3.8, 4) is 0 Å². The van der Waals surface area contributed by atoms with Crippen molar-refractivity contribution in [1.29, 1.82) is 0 Å². The van der Waals surface area contributed by atoms with Gasteiger partial charge in [0, 0.05) is 13.8 Å². The summed E-state index contributed by atoms with van der Waals surface area (Å²) in [5.74, 6) is -1.42. The second kappa shape index (κ2) is 18.0. The van der Waals surface area contributed by atoms with Crippen LogP contribution in [0.2, 0.25) is 0 Å². The highest BCUT2D eigenvalue weighted by atomic mass is 16.8. The van der Waals surface area contributed by atoms with Crippen LogP contribution in [0.5, 0.6) is 0 Å². The number of nitrogens with one attached hydrogen (secondary N) is 2. The molecule has 0 radical (unpaired) electrons. The minimum Gasteiger partial charge on any atom is -0.394 e.